The fraction of sp³-hybridized carbons (Fsp3) is 0.909. The Balaban J connectivity index is 3.33. The van der Waals surface area contributed by atoms with Gasteiger partial charge in [0.25, 0.3) is 5.09 Å². The summed E-state index contributed by atoms with van der Waals surface area (Å²) in [5, 5.41) is 11.9. The Morgan fingerprint density at radius 3 is 2.74 bits per heavy atom. The maximum atomic E-state index is 11.5. The van der Waals surface area contributed by atoms with Crippen molar-refractivity contribution >= 4 is 17.7 Å². The van der Waals surface area contributed by atoms with E-state index in [4.69, 9.17) is 5.73 Å². The number of carbonyl (C=O) groups excluding carboxylic acids is 1. The zero-order valence-electron chi connectivity index (χ0n) is 11.3. The molecule has 112 valence electrons. The second-order valence-corrected chi connectivity index (χ2v) is 5.14. The first-order valence-electron chi connectivity index (χ1n) is 6.37. The van der Waals surface area contributed by atoms with Crippen LogP contribution in [0.2, 0.25) is 0 Å². The van der Waals surface area contributed by atoms with E-state index in [2.05, 4.69) is 10.2 Å². The largest absolute Gasteiger partial charge is 0.355 e. The summed E-state index contributed by atoms with van der Waals surface area (Å²) in [7, 11) is 0. The minimum Gasteiger partial charge on any atom is -0.355 e. The fourth-order valence-corrected chi connectivity index (χ4v) is 1.93. The summed E-state index contributed by atoms with van der Waals surface area (Å²) in [5.74, 6) is 0.774. The van der Waals surface area contributed by atoms with Crippen LogP contribution in [-0.2, 0) is 9.63 Å². The minimum absolute atomic E-state index is 0.106. The highest BCUT2D eigenvalue weighted by Gasteiger charge is 2.11. The van der Waals surface area contributed by atoms with Gasteiger partial charge in [-0.05, 0) is 31.3 Å². The van der Waals surface area contributed by atoms with Crippen molar-refractivity contribution in [3.63, 3.8) is 0 Å². The predicted octanol–water partition coefficient (Wildman–Crippen LogP) is 0.952. The number of hydrogen-bond acceptors (Lipinski definition) is 6. The van der Waals surface area contributed by atoms with Crippen LogP contribution in [0.1, 0.15) is 32.1 Å². The average molecular weight is 293 g/mol. The van der Waals surface area contributed by atoms with Crippen molar-refractivity contribution < 1.29 is 14.7 Å². The molecule has 0 aliphatic carbocycles. The van der Waals surface area contributed by atoms with Crippen LogP contribution in [0, 0.1) is 10.1 Å². The highest BCUT2D eigenvalue weighted by atomic mass is 32.2. The first-order valence-corrected chi connectivity index (χ1v) is 7.77. The third-order valence-electron chi connectivity index (χ3n) is 2.54. The number of nitrogens with one attached hydrogen (secondary N) is 1. The molecular formula is C11H23N3O4S. The Morgan fingerprint density at radius 1 is 1.42 bits per heavy atom. The molecule has 0 fully saturated rings. The first kappa shape index (κ1) is 18.0. The summed E-state index contributed by atoms with van der Waals surface area (Å²) in [4.78, 5) is 25.6. The summed E-state index contributed by atoms with van der Waals surface area (Å²) in [6.45, 7) is 0.737. The van der Waals surface area contributed by atoms with E-state index < -0.39 is 11.1 Å². The molecular weight excluding hydrogens is 270 g/mol. The van der Waals surface area contributed by atoms with Gasteiger partial charge in [0.05, 0.1) is 12.6 Å². The molecule has 0 saturated heterocycles. The lowest BCUT2D eigenvalue weighted by Crippen LogP contribution is -2.41. The Kier molecular flexibility index (Phi) is 11.4. The van der Waals surface area contributed by atoms with Crippen molar-refractivity contribution in [3.05, 3.63) is 10.1 Å². The number of rotatable bonds is 12. The molecule has 1 amide bonds. The van der Waals surface area contributed by atoms with Crippen LogP contribution in [0.15, 0.2) is 0 Å². The molecule has 0 rings (SSSR count). The molecule has 7 nitrogen and oxygen atoms in total. The van der Waals surface area contributed by atoms with Crippen molar-refractivity contribution in [1.82, 2.24) is 5.32 Å². The SMILES string of the molecule is CSCCC(N)C(=O)NCCCCCCO[N+](=O)[O-]. The third-order valence-corrected chi connectivity index (χ3v) is 3.18. The van der Waals surface area contributed by atoms with Gasteiger partial charge in [-0.15, -0.1) is 10.1 Å². The van der Waals surface area contributed by atoms with Gasteiger partial charge in [-0.2, -0.15) is 11.8 Å². The molecule has 0 aromatic carbocycles. The van der Waals surface area contributed by atoms with Gasteiger partial charge in [-0.25, -0.2) is 0 Å². The van der Waals surface area contributed by atoms with Gasteiger partial charge in [0.15, 0.2) is 0 Å². The predicted molar refractivity (Wildman–Crippen MR) is 75.4 cm³/mol. The summed E-state index contributed by atoms with van der Waals surface area (Å²) < 4.78 is 0. The van der Waals surface area contributed by atoms with Crippen molar-refractivity contribution in [1.29, 1.82) is 0 Å². The van der Waals surface area contributed by atoms with E-state index >= 15 is 0 Å². The smallest absolute Gasteiger partial charge is 0.294 e. The van der Waals surface area contributed by atoms with Crippen molar-refractivity contribution in [2.75, 3.05) is 25.2 Å². The summed E-state index contributed by atoms with van der Waals surface area (Å²) >= 11 is 1.67. The van der Waals surface area contributed by atoms with Gasteiger partial charge < -0.3 is 15.9 Å². The van der Waals surface area contributed by atoms with Crippen LogP contribution >= 0.6 is 11.8 Å². The van der Waals surface area contributed by atoms with Gasteiger partial charge in [0.2, 0.25) is 5.91 Å². The monoisotopic (exact) mass is 293 g/mol. The molecule has 0 saturated carbocycles. The average Bonchev–Trinajstić information content (AvgIpc) is 2.38. The highest BCUT2D eigenvalue weighted by molar-refractivity contribution is 7.98. The molecule has 8 heteroatoms. The number of carbonyl (C=O) groups is 1. The number of amides is 1. The molecule has 0 aromatic rings. The summed E-state index contributed by atoms with van der Waals surface area (Å²) in [6.07, 6.45) is 5.92. The Labute approximate surface area is 117 Å². The van der Waals surface area contributed by atoms with Crippen LogP contribution in [0.5, 0.6) is 0 Å². The summed E-state index contributed by atoms with van der Waals surface area (Å²) in [6, 6.07) is -0.430. The number of nitrogens with zero attached hydrogens (tertiary/aromatic N) is 1. The second kappa shape index (κ2) is 12.0. The van der Waals surface area contributed by atoms with E-state index in [0.29, 0.717) is 19.4 Å². The lowest BCUT2D eigenvalue weighted by Gasteiger charge is -2.11. The molecule has 0 aliphatic rings. The topological polar surface area (TPSA) is 107 Å². The van der Waals surface area contributed by atoms with Gasteiger partial charge in [-0.3, -0.25) is 4.79 Å². The van der Waals surface area contributed by atoms with Gasteiger partial charge >= 0.3 is 0 Å². The van der Waals surface area contributed by atoms with Crippen LogP contribution in [-0.4, -0.2) is 42.2 Å². The van der Waals surface area contributed by atoms with E-state index in [1.54, 1.807) is 11.8 Å². The maximum Gasteiger partial charge on any atom is 0.294 e. The lowest BCUT2D eigenvalue weighted by atomic mass is 10.2. The molecule has 0 aliphatic heterocycles. The number of thioether (sulfide) groups is 1. The van der Waals surface area contributed by atoms with Crippen molar-refractivity contribution in [2.45, 2.75) is 38.1 Å². The van der Waals surface area contributed by atoms with Crippen LogP contribution < -0.4 is 11.1 Å². The lowest BCUT2D eigenvalue weighted by molar-refractivity contribution is -0.757. The normalized spacial score (nSPS) is 11.9. The maximum absolute atomic E-state index is 11.5. The molecule has 0 radical (unpaired) electrons. The van der Waals surface area contributed by atoms with E-state index in [0.717, 1.165) is 25.0 Å². The number of nitrogens with two attached hydrogens (primary N) is 1. The molecule has 0 bridgehead atoms. The third kappa shape index (κ3) is 11.8. The van der Waals surface area contributed by atoms with Gasteiger partial charge in [0.1, 0.15) is 0 Å². The Hall–Kier alpha value is -1.02. The summed E-state index contributed by atoms with van der Waals surface area (Å²) in [5.41, 5.74) is 5.71. The highest BCUT2D eigenvalue weighted by Crippen LogP contribution is 2.01. The standard InChI is InChI=1S/C11H23N3O4S/c1-19-9-6-10(12)11(15)13-7-4-2-3-5-8-18-14(16)17/h10H,2-9,12H2,1H3,(H,13,15). The van der Waals surface area contributed by atoms with Gasteiger partial charge in [0, 0.05) is 6.54 Å². The van der Waals surface area contributed by atoms with Crippen molar-refractivity contribution in [2.24, 2.45) is 5.73 Å². The number of hydrogen-bond donors (Lipinski definition) is 2. The molecule has 3 N–H and O–H groups in total. The van der Waals surface area contributed by atoms with Gasteiger partial charge in [-0.1, -0.05) is 12.8 Å². The van der Waals surface area contributed by atoms with E-state index in [-0.39, 0.29) is 12.5 Å². The van der Waals surface area contributed by atoms with E-state index in [1.165, 1.54) is 0 Å². The molecule has 1 atom stereocenters. The Bertz CT molecular complexity index is 266. The van der Waals surface area contributed by atoms with Crippen LogP contribution in [0.3, 0.4) is 0 Å². The molecule has 0 aromatic heterocycles. The first-order chi connectivity index (χ1) is 9.07. The molecule has 0 spiro atoms. The molecule has 1 unspecified atom stereocenters. The van der Waals surface area contributed by atoms with Crippen LogP contribution in [0.25, 0.3) is 0 Å². The Morgan fingerprint density at radius 2 is 2.11 bits per heavy atom. The second-order valence-electron chi connectivity index (χ2n) is 4.15. The zero-order valence-corrected chi connectivity index (χ0v) is 12.1. The minimum atomic E-state index is -0.782. The number of unbranched alkanes of at least 4 members (excludes halogenated alkanes) is 3. The molecule has 0 heterocycles. The molecule has 19 heavy (non-hydrogen) atoms. The van der Waals surface area contributed by atoms with E-state index in [9.17, 15) is 14.9 Å². The fourth-order valence-electron chi connectivity index (χ4n) is 1.44. The quantitative estimate of drug-likeness (QED) is 0.315. The van der Waals surface area contributed by atoms with E-state index in [1.807, 2.05) is 6.26 Å². The van der Waals surface area contributed by atoms with Crippen LogP contribution in [0.4, 0.5) is 0 Å². The van der Waals surface area contributed by atoms with Crippen molar-refractivity contribution in [3.8, 4) is 0 Å². The zero-order chi connectivity index (χ0) is 14.5.